The van der Waals surface area contributed by atoms with Gasteiger partial charge in [0.15, 0.2) is 0 Å². The fourth-order valence-corrected chi connectivity index (χ4v) is 7.72. The Morgan fingerprint density at radius 1 is 1.15 bits per heavy atom. The average molecular weight is 336 g/mol. The van der Waals surface area contributed by atoms with Crippen molar-refractivity contribution in [3.63, 3.8) is 0 Å². The topological polar surface area (TPSA) is 66.4 Å². The molecule has 0 atom stereocenters. The molecule has 20 heavy (non-hydrogen) atoms. The molecule has 0 bridgehead atoms. The predicted octanol–water partition coefficient (Wildman–Crippen LogP) is 3.26. The van der Waals surface area contributed by atoms with E-state index in [1.54, 1.807) is 26.0 Å². The van der Waals surface area contributed by atoms with Crippen LogP contribution in [-0.2, 0) is 15.6 Å². The number of hydrogen-bond acceptors (Lipinski definition) is 4. The van der Waals surface area contributed by atoms with E-state index >= 15 is 0 Å². The van der Waals surface area contributed by atoms with Crippen LogP contribution in [0.2, 0.25) is 18.1 Å². The first-order chi connectivity index (χ1) is 8.67. The summed E-state index contributed by atoms with van der Waals surface area (Å²) in [6.45, 7) is 13.5. The van der Waals surface area contributed by atoms with Crippen LogP contribution in [0.15, 0.2) is 16.3 Å². The molecular formula is C13H25NO3S2Si. The first-order valence-corrected chi connectivity index (χ1v) is 11.8. The Bertz CT molecular complexity index is 577. The van der Waals surface area contributed by atoms with Crippen molar-refractivity contribution in [1.29, 1.82) is 0 Å². The van der Waals surface area contributed by atoms with Crippen LogP contribution >= 0.6 is 11.3 Å². The number of hydrogen-bond donors (Lipinski definition) is 2. The lowest BCUT2D eigenvalue weighted by atomic mass is 10.1. The van der Waals surface area contributed by atoms with E-state index in [-0.39, 0.29) is 9.25 Å². The SMILES string of the molecule is CC(C)(O)c1ccc(S(=O)(=O)N[Si](C)(C)C(C)(C)C)s1. The average Bonchev–Trinajstić information content (AvgIpc) is 2.61. The van der Waals surface area contributed by atoms with Gasteiger partial charge in [-0.3, -0.25) is 0 Å². The van der Waals surface area contributed by atoms with Crippen LogP contribution in [0.1, 0.15) is 39.5 Å². The molecule has 2 N–H and O–H groups in total. The normalized spacial score (nSPS) is 14.6. The van der Waals surface area contributed by atoms with Crippen LogP contribution in [-0.4, -0.2) is 21.8 Å². The lowest BCUT2D eigenvalue weighted by molar-refractivity contribution is 0.0825. The van der Waals surface area contributed by atoms with Gasteiger partial charge in [-0.25, -0.2) is 12.8 Å². The third-order valence-corrected chi connectivity index (χ3v) is 13.3. The van der Waals surface area contributed by atoms with Gasteiger partial charge in [0, 0.05) is 4.88 Å². The van der Waals surface area contributed by atoms with Crippen LogP contribution in [0, 0.1) is 0 Å². The maximum atomic E-state index is 12.5. The van der Waals surface area contributed by atoms with E-state index in [0.717, 1.165) is 11.3 Å². The van der Waals surface area contributed by atoms with Crippen molar-refractivity contribution in [3.05, 3.63) is 17.0 Å². The van der Waals surface area contributed by atoms with Crippen molar-refractivity contribution in [1.82, 2.24) is 4.39 Å². The summed E-state index contributed by atoms with van der Waals surface area (Å²) in [6, 6.07) is 3.23. The Kier molecular flexibility index (Phi) is 4.64. The van der Waals surface area contributed by atoms with Crippen molar-refractivity contribution < 1.29 is 13.5 Å². The second-order valence-electron chi connectivity index (χ2n) is 7.16. The molecule has 116 valence electrons. The quantitative estimate of drug-likeness (QED) is 0.830. The molecule has 0 spiro atoms. The Morgan fingerprint density at radius 3 is 2.00 bits per heavy atom. The molecule has 1 aromatic heterocycles. The van der Waals surface area contributed by atoms with E-state index in [4.69, 9.17) is 0 Å². The van der Waals surface area contributed by atoms with Gasteiger partial charge in [-0.05, 0) is 31.0 Å². The maximum absolute atomic E-state index is 12.5. The highest BCUT2D eigenvalue weighted by atomic mass is 32.2. The standard InChI is InChI=1S/C13H25NO3S2Si/c1-12(2,3)20(6,7)14-19(16,17)11-9-8-10(18-11)13(4,5)15/h8-9,14-15H,1-7H3. The van der Waals surface area contributed by atoms with Crippen molar-refractivity contribution in [2.45, 2.75) is 62.6 Å². The smallest absolute Gasteiger partial charge is 0.244 e. The summed E-state index contributed by atoms with van der Waals surface area (Å²) in [7, 11) is -5.67. The zero-order valence-corrected chi connectivity index (χ0v) is 15.9. The number of thiophene rings is 1. The molecule has 0 aliphatic carbocycles. The fraction of sp³-hybridized carbons (Fsp3) is 0.692. The van der Waals surface area contributed by atoms with E-state index in [2.05, 4.69) is 25.2 Å². The maximum Gasteiger partial charge on any atom is 0.244 e. The van der Waals surface area contributed by atoms with Crippen LogP contribution in [0.4, 0.5) is 0 Å². The number of nitrogens with one attached hydrogen (secondary N) is 1. The summed E-state index contributed by atoms with van der Waals surface area (Å²) in [4.78, 5) is 0.646. The zero-order valence-electron chi connectivity index (χ0n) is 13.2. The Morgan fingerprint density at radius 2 is 1.65 bits per heavy atom. The van der Waals surface area contributed by atoms with Gasteiger partial charge < -0.3 is 5.11 Å². The molecule has 1 heterocycles. The van der Waals surface area contributed by atoms with E-state index < -0.39 is 23.9 Å². The summed E-state index contributed by atoms with van der Waals surface area (Å²) < 4.78 is 28.1. The number of sulfonamides is 1. The van der Waals surface area contributed by atoms with Gasteiger partial charge >= 0.3 is 0 Å². The van der Waals surface area contributed by atoms with Gasteiger partial charge in [0.2, 0.25) is 10.0 Å². The molecule has 0 saturated heterocycles. The van der Waals surface area contributed by atoms with Crippen molar-refractivity contribution >= 4 is 29.6 Å². The molecule has 0 aliphatic heterocycles. The van der Waals surface area contributed by atoms with Crippen LogP contribution < -0.4 is 4.39 Å². The minimum Gasteiger partial charge on any atom is -0.385 e. The lowest BCUT2D eigenvalue weighted by Gasteiger charge is -2.36. The third kappa shape index (κ3) is 3.91. The van der Waals surface area contributed by atoms with Crippen LogP contribution in [0.3, 0.4) is 0 Å². The second kappa shape index (κ2) is 5.21. The summed E-state index contributed by atoms with van der Waals surface area (Å²) in [6.07, 6.45) is 0. The molecule has 4 nitrogen and oxygen atoms in total. The highest BCUT2D eigenvalue weighted by Gasteiger charge is 2.40. The first kappa shape index (κ1) is 17.8. The van der Waals surface area contributed by atoms with E-state index in [1.165, 1.54) is 0 Å². The zero-order chi connectivity index (χ0) is 16.0. The molecule has 0 amide bonds. The Labute approximate surface area is 127 Å². The Balaban J connectivity index is 3.10. The van der Waals surface area contributed by atoms with Crippen molar-refractivity contribution in [2.24, 2.45) is 0 Å². The summed E-state index contributed by atoms with van der Waals surface area (Å²) >= 11 is 1.12. The number of rotatable bonds is 4. The highest BCUT2D eigenvalue weighted by Crippen LogP contribution is 2.36. The van der Waals surface area contributed by atoms with Crippen LogP contribution in [0.25, 0.3) is 0 Å². The van der Waals surface area contributed by atoms with E-state index in [0.29, 0.717) is 4.88 Å². The van der Waals surface area contributed by atoms with Crippen molar-refractivity contribution in [3.8, 4) is 0 Å². The lowest BCUT2D eigenvalue weighted by Crippen LogP contribution is -2.54. The molecule has 1 aromatic rings. The van der Waals surface area contributed by atoms with Gasteiger partial charge in [-0.2, -0.15) is 0 Å². The minimum absolute atomic E-state index is 0.0730. The summed E-state index contributed by atoms with van der Waals surface area (Å²) in [5.41, 5.74) is -1.02. The number of aliphatic hydroxyl groups is 1. The Hall–Kier alpha value is -0.213. The van der Waals surface area contributed by atoms with Crippen molar-refractivity contribution in [2.75, 3.05) is 0 Å². The second-order valence-corrected chi connectivity index (χ2v) is 15.5. The molecule has 0 aliphatic rings. The van der Waals surface area contributed by atoms with Crippen LogP contribution in [0.5, 0.6) is 0 Å². The highest BCUT2D eigenvalue weighted by molar-refractivity contribution is 7.93. The first-order valence-electron chi connectivity index (χ1n) is 6.53. The van der Waals surface area contributed by atoms with Gasteiger partial charge in [0.25, 0.3) is 0 Å². The molecule has 0 fully saturated rings. The molecule has 7 heteroatoms. The minimum atomic E-state index is -3.52. The summed E-state index contributed by atoms with van der Waals surface area (Å²) in [5, 5.41) is 9.86. The molecule has 0 radical (unpaired) electrons. The predicted molar refractivity (Wildman–Crippen MR) is 87.1 cm³/mol. The monoisotopic (exact) mass is 335 g/mol. The van der Waals surface area contributed by atoms with Gasteiger partial charge in [-0.1, -0.05) is 33.9 Å². The summed E-state index contributed by atoms with van der Waals surface area (Å²) in [5.74, 6) is 0. The molecular weight excluding hydrogens is 310 g/mol. The molecule has 0 aromatic carbocycles. The van der Waals surface area contributed by atoms with Gasteiger partial charge in [0.05, 0.1) is 5.60 Å². The molecule has 0 saturated carbocycles. The molecule has 0 unspecified atom stereocenters. The van der Waals surface area contributed by atoms with Gasteiger partial charge in [0.1, 0.15) is 12.4 Å². The fourth-order valence-electron chi connectivity index (χ4n) is 1.33. The largest absolute Gasteiger partial charge is 0.385 e. The van der Waals surface area contributed by atoms with E-state index in [1.807, 2.05) is 13.1 Å². The van der Waals surface area contributed by atoms with Gasteiger partial charge in [-0.15, -0.1) is 11.3 Å². The third-order valence-electron chi connectivity index (χ3n) is 3.71. The molecule has 1 rings (SSSR count). The van der Waals surface area contributed by atoms with E-state index in [9.17, 15) is 13.5 Å².